The topological polar surface area (TPSA) is 21.3 Å². The predicted molar refractivity (Wildman–Crippen MR) is 44.6 cm³/mol. The van der Waals surface area contributed by atoms with Gasteiger partial charge in [-0.15, -0.1) is 0 Å². The standard InChI is InChI=1S/C9H17NO/c1-2-4-8-9(5-3-1)11-7-6-10-8/h8-10H,1-7H2/t8-,9+/m1/s1. The van der Waals surface area contributed by atoms with E-state index in [2.05, 4.69) is 5.32 Å². The van der Waals surface area contributed by atoms with E-state index in [-0.39, 0.29) is 0 Å². The van der Waals surface area contributed by atoms with Crippen LogP contribution >= 0.6 is 0 Å². The van der Waals surface area contributed by atoms with Gasteiger partial charge in [-0.2, -0.15) is 0 Å². The maximum atomic E-state index is 5.70. The van der Waals surface area contributed by atoms with Crippen LogP contribution in [0.2, 0.25) is 0 Å². The van der Waals surface area contributed by atoms with Gasteiger partial charge in [0.1, 0.15) is 0 Å². The summed E-state index contributed by atoms with van der Waals surface area (Å²) in [4.78, 5) is 0. The van der Waals surface area contributed by atoms with Gasteiger partial charge in [0.25, 0.3) is 0 Å². The Bertz CT molecular complexity index is 113. The fraction of sp³-hybridized carbons (Fsp3) is 1.00. The molecular weight excluding hydrogens is 138 g/mol. The zero-order valence-electron chi connectivity index (χ0n) is 7.01. The van der Waals surface area contributed by atoms with Crippen molar-refractivity contribution in [3.8, 4) is 0 Å². The lowest BCUT2D eigenvalue weighted by molar-refractivity contribution is -0.00701. The molecule has 0 amide bonds. The van der Waals surface area contributed by atoms with Crippen molar-refractivity contribution in [2.45, 2.75) is 44.2 Å². The van der Waals surface area contributed by atoms with E-state index in [1.165, 1.54) is 32.1 Å². The van der Waals surface area contributed by atoms with Crippen LogP contribution in [0.4, 0.5) is 0 Å². The van der Waals surface area contributed by atoms with E-state index < -0.39 is 0 Å². The molecule has 1 N–H and O–H groups in total. The lowest BCUT2D eigenvalue weighted by atomic mass is 10.1. The van der Waals surface area contributed by atoms with Crippen molar-refractivity contribution in [3.63, 3.8) is 0 Å². The predicted octanol–water partition coefficient (Wildman–Crippen LogP) is 1.31. The van der Waals surface area contributed by atoms with Gasteiger partial charge in [-0.05, 0) is 12.8 Å². The Labute approximate surface area is 68.3 Å². The summed E-state index contributed by atoms with van der Waals surface area (Å²) in [6.07, 6.45) is 7.28. The van der Waals surface area contributed by atoms with Gasteiger partial charge in [-0.25, -0.2) is 0 Å². The first-order valence-corrected chi connectivity index (χ1v) is 4.82. The number of hydrogen-bond donors (Lipinski definition) is 1. The van der Waals surface area contributed by atoms with Crippen LogP contribution in [-0.2, 0) is 4.74 Å². The van der Waals surface area contributed by atoms with E-state index in [9.17, 15) is 0 Å². The summed E-state index contributed by atoms with van der Waals surface area (Å²) in [5.41, 5.74) is 0. The summed E-state index contributed by atoms with van der Waals surface area (Å²) in [5.74, 6) is 0. The van der Waals surface area contributed by atoms with Crippen molar-refractivity contribution in [3.05, 3.63) is 0 Å². The van der Waals surface area contributed by atoms with Crippen LogP contribution in [0, 0.1) is 0 Å². The first kappa shape index (κ1) is 7.56. The van der Waals surface area contributed by atoms with Crippen LogP contribution in [0.1, 0.15) is 32.1 Å². The average molecular weight is 155 g/mol. The molecule has 0 aromatic rings. The van der Waals surface area contributed by atoms with E-state index in [1.54, 1.807) is 0 Å². The van der Waals surface area contributed by atoms with Crippen LogP contribution in [0.3, 0.4) is 0 Å². The van der Waals surface area contributed by atoms with Gasteiger partial charge in [0.2, 0.25) is 0 Å². The third-order valence-electron chi connectivity index (χ3n) is 2.79. The fourth-order valence-corrected chi connectivity index (χ4v) is 2.16. The smallest absolute Gasteiger partial charge is 0.0728 e. The summed E-state index contributed by atoms with van der Waals surface area (Å²) >= 11 is 0. The molecule has 11 heavy (non-hydrogen) atoms. The summed E-state index contributed by atoms with van der Waals surface area (Å²) < 4.78 is 5.70. The second-order valence-corrected chi connectivity index (χ2v) is 3.61. The molecule has 0 spiro atoms. The van der Waals surface area contributed by atoms with E-state index in [4.69, 9.17) is 4.74 Å². The highest BCUT2D eigenvalue weighted by atomic mass is 16.5. The molecule has 1 saturated carbocycles. The Hall–Kier alpha value is -0.0800. The average Bonchev–Trinajstić information content (AvgIpc) is 2.28. The molecule has 2 nitrogen and oxygen atoms in total. The minimum absolute atomic E-state index is 0.534. The normalized spacial score (nSPS) is 39.3. The highest BCUT2D eigenvalue weighted by Gasteiger charge is 2.26. The Morgan fingerprint density at radius 1 is 1.09 bits per heavy atom. The highest BCUT2D eigenvalue weighted by molar-refractivity contribution is 4.82. The zero-order chi connectivity index (χ0) is 7.52. The molecule has 0 radical (unpaired) electrons. The molecule has 0 unspecified atom stereocenters. The van der Waals surface area contributed by atoms with Gasteiger partial charge < -0.3 is 10.1 Å². The molecule has 1 saturated heterocycles. The van der Waals surface area contributed by atoms with Crippen molar-refractivity contribution >= 4 is 0 Å². The third-order valence-corrected chi connectivity index (χ3v) is 2.79. The molecule has 2 atom stereocenters. The lowest BCUT2D eigenvalue weighted by Gasteiger charge is -2.31. The lowest BCUT2D eigenvalue weighted by Crippen LogP contribution is -2.47. The quantitative estimate of drug-likeness (QED) is 0.569. The minimum Gasteiger partial charge on any atom is -0.375 e. The molecule has 2 heteroatoms. The first-order chi connectivity index (χ1) is 5.47. The molecule has 64 valence electrons. The first-order valence-electron chi connectivity index (χ1n) is 4.82. The summed E-state index contributed by atoms with van der Waals surface area (Å²) in [5, 5.41) is 3.54. The number of fused-ring (bicyclic) bond motifs is 1. The van der Waals surface area contributed by atoms with Crippen molar-refractivity contribution in [1.82, 2.24) is 5.32 Å². The third kappa shape index (κ3) is 1.74. The molecule has 0 bridgehead atoms. The Kier molecular flexibility index (Phi) is 2.44. The zero-order valence-corrected chi connectivity index (χ0v) is 7.01. The molecule has 1 aliphatic carbocycles. The van der Waals surface area contributed by atoms with E-state index in [0.29, 0.717) is 12.1 Å². The van der Waals surface area contributed by atoms with Crippen LogP contribution in [0.25, 0.3) is 0 Å². The molecule has 2 aliphatic rings. The highest BCUT2D eigenvalue weighted by Crippen LogP contribution is 2.22. The fourth-order valence-electron chi connectivity index (χ4n) is 2.16. The number of rotatable bonds is 0. The van der Waals surface area contributed by atoms with Crippen LogP contribution in [0.15, 0.2) is 0 Å². The molecule has 1 heterocycles. The van der Waals surface area contributed by atoms with Crippen molar-refractivity contribution in [2.75, 3.05) is 13.2 Å². The molecule has 0 aromatic heterocycles. The van der Waals surface area contributed by atoms with E-state index >= 15 is 0 Å². The SMILES string of the molecule is C1CC[C@@H]2OCCN[C@@H]2CC1. The van der Waals surface area contributed by atoms with Gasteiger partial charge in [-0.3, -0.25) is 0 Å². The Balaban J connectivity index is 1.93. The number of hydrogen-bond acceptors (Lipinski definition) is 2. The largest absolute Gasteiger partial charge is 0.375 e. The second-order valence-electron chi connectivity index (χ2n) is 3.61. The monoisotopic (exact) mass is 155 g/mol. The number of ether oxygens (including phenoxy) is 1. The molecular formula is C9H17NO. The van der Waals surface area contributed by atoms with E-state index in [1.807, 2.05) is 0 Å². The molecule has 2 rings (SSSR count). The van der Waals surface area contributed by atoms with Crippen molar-refractivity contribution in [2.24, 2.45) is 0 Å². The van der Waals surface area contributed by atoms with Crippen LogP contribution < -0.4 is 5.32 Å². The maximum absolute atomic E-state index is 5.70. The summed E-state index contributed by atoms with van der Waals surface area (Å²) in [6.45, 7) is 1.97. The van der Waals surface area contributed by atoms with Gasteiger partial charge in [0.05, 0.1) is 12.7 Å². The van der Waals surface area contributed by atoms with Gasteiger partial charge in [-0.1, -0.05) is 19.3 Å². The molecule has 0 aromatic carbocycles. The maximum Gasteiger partial charge on any atom is 0.0728 e. The van der Waals surface area contributed by atoms with Crippen molar-refractivity contribution < 1.29 is 4.74 Å². The number of nitrogens with one attached hydrogen (secondary N) is 1. The van der Waals surface area contributed by atoms with Crippen molar-refractivity contribution in [1.29, 1.82) is 0 Å². The number of morpholine rings is 1. The molecule has 1 aliphatic heterocycles. The Morgan fingerprint density at radius 2 is 2.00 bits per heavy atom. The van der Waals surface area contributed by atoms with E-state index in [0.717, 1.165) is 13.2 Å². The summed E-state index contributed by atoms with van der Waals surface area (Å²) in [7, 11) is 0. The summed E-state index contributed by atoms with van der Waals surface area (Å²) in [6, 6.07) is 0.672. The van der Waals surface area contributed by atoms with Gasteiger partial charge in [0.15, 0.2) is 0 Å². The Morgan fingerprint density at radius 3 is 3.00 bits per heavy atom. The minimum atomic E-state index is 0.534. The van der Waals surface area contributed by atoms with Gasteiger partial charge >= 0.3 is 0 Å². The van der Waals surface area contributed by atoms with Crippen LogP contribution in [0.5, 0.6) is 0 Å². The van der Waals surface area contributed by atoms with Crippen LogP contribution in [-0.4, -0.2) is 25.3 Å². The van der Waals surface area contributed by atoms with Gasteiger partial charge in [0, 0.05) is 12.6 Å². The second kappa shape index (κ2) is 3.55. The molecule has 2 fully saturated rings.